The van der Waals surface area contributed by atoms with Crippen LogP contribution in [0, 0.1) is 0 Å². The van der Waals surface area contributed by atoms with Crippen LogP contribution in [0.4, 0.5) is 0 Å². The van der Waals surface area contributed by atoms with E-state index in [4.69, 9.17) is 9.47 Å². The summed E-state index contributed by atoms with van der Waals surface area (Å²) in [5.74, 6) is -0.695. The molecule has 1 N–H and O–H groups in total. The summed E-state index contributed by atoms with van der Waals surface area (Å²) in [6, 6.07) is 14.9. The molecule has 2 aromatic rings. The number of aromatic carboxylic acids is 1. The second-order valence-corrected chi connectivity index (χ2v) is 7.43. The first-order chi connectivity index (χ1) is 15.1. The molecule has 0 heterocycles. The lowest BCUT2D eigenvalue weighted by Gasteiger charge is -2.13. The number of hydrogen-bond acceptors (Lipinski definition) is 4. The summed E-state index contributed by atoms with van der Waals surface area (Å²) in [5.41, 5.74) is 2.15. The molecule has 2 aromatic carbocycles. The minimum Gasteiger partial charge on any atom is -0.493 e. The van der Waals surface area contributed by atoms with Gasteiger partial charge in [-0.1, -0.05) is 75.4 Å². The molecule has 0 aliphatic carbocycles. The first kappa shape index (κ1) is 24.2. The largest absolute Gasteiger partial charge is 0.493 e. The predicted molar refractivity (Wildman–Crippen MR) is 122 cm³/mol. The molecule has 5 heteroatoms. The normalized spacial score (nSPS) is 10.5. The van der Waals surface area contributed by atoms with Gasteiger partial charge < -0.3 is 14.6 Å². The SMILES string of the molecule is C=CC(=O)OCCCCCCCCCCOc1cc(C(=O)O)ccc1-c1ccccc1. The summed E-state index contributed by atoms with van der Waals surface area (Å²) in [4.78, 5) is 22.2. The highest BCUT2D eigenvalue weighted by atomic mass is 16.5. The van der Waals surface area contributed by atoms with Gasteiger partial charge >= 0.3 is 11.9 Å². The molecule has 0 atom stereocenters. The lowest BCUT2D eigenvalue weighted by molar-refractivity contribution is -0.137. The van der Waals surface area contributed by atoms with Crippen molar-refractivity contribution < 1.29 is 24.2 Å². The highest BCUT2D eigenvalue weighted by Crippen LogP contribution is 2.31. The van der Waals surface area contributed by atoms with Gasteiger partial charge in [0, 0.05) is 11.6 Å². The molecule has 166 valence electrons. The van der Waals surface area contributed by atoms with Gasteiger partial charge in [-0.25, -0.2) is 9.59 Å². The molecule has 0 saturated heterocycles. The van der Waals surface area contributed by atoms with Gasteiger partial charge in [0.15, 0.2) is 0 Å². The topological polar surface area (TPSA) is 72.8 Å². The Morgan fingerprint density at radius 1 is 0.839 bits per heavy atom. The third-order valence-electron chi connectivity index (χ3n) is 5.02. The van der Waals surface area contributed by atoms with Crippen molar-refractivity contribution in [2.45, 2.75) is 51.4 Å². The summed E-state index contributed by atoms with van der Waals surface area (Å²) in [6.45, 7) is 4.41. The van der Waals surface area contributed by atoms with Crippen molar-refractivity contribution in [1.29, 1.82) is 0 Å². The third-order valence-corrected chi connectivity index (χ3v) is 5.02. The Morgan fingerprint density at radius 2 is 1.45 bits per heavy atom. The molecule has 0 spiro atoms. The zero-order chi connectivity index (χ0) is 22.3. The van der Waals surface area contributed by atoms with Crippen molar-refractivity contribution in [2.24, 2.45) is 0 Å². The molecule has 0 aromatic heterocycles. The van der Waals surface area contributed by atoms with Crippen LogP contribution >= 0.6 is 0 Å². The first-order valence-corrected chi connectivity index (χ1v) is 11.0. The van der Waals surface area contributed by atoms with Gasteiger partial charge in [-0.3, -0.25) is 0 Å². The predicted octanol–water partition coefficient (Wildman–Crippen LogP) is 6.28. The highest BCUT2D eigenvalue weighted by molar-refractivity contribution is 5.89. The Hall–Kier alpha value is -3.08. The second kappa shape index (κ2) is 14.0. The number of carbonyl (C=O) groups excluding carboxylic acids is 1. The molecule has 31 heavy (non-hydrogen) atoms. The Labute approximate surface area is 184 Å². The van der Waals surface area contributed by atoms with E-state index in [1.54, 1.807) is 12.1 Å². The van der Waals surface area contributed by atoms with Gasteiger partial charge in [-0.05, 0) is 36.6 Å². The van der Waals surface area contributed by atoms with Crippen LogP contribution in [0.5, 0.6) is 5.75 Å². The molecule has 0 aliphatic rings. The lowest BCUT2D eigenvalue weighted by Crippen LogP contribution is -2.02. The molecule has 2 rings (SSSR count). The fourth-order valence-corrected chi connectivity index (χ4v) is 3.31. The van der Waals surface area contributed by atoms with Crippen molar-refractivity contribution in [3.05, 3.63) is 66.7 Å². The third kappa shape index (κ3) is 9.08. The van der Waals surface area contributed by atoms with Crippen molar-refractivity contribution in [2.75, 3.05) is 13.2 Å². The van der Waals surface area contributed by atoms with Crippen molar-refractivity contribution in [1.82, 2.24) is 0 Å². The number of hydrogen-bond donors (Lipinski definition) is 1. The number of unbranched alkanes of at least 4 members (excludes halogenated alkanes) is 7. The molecular weight excluding hydrogens is 392 g/mol. The molecule has 0 saturated carbocycles. The Bertz CT molecular complexity index is 829. The van der Waals surface area contributed by atoms with E-state index in [2.05, 4.69) is 6.58 Å². The van der Waals surface area contributed by atoms with E-state index in [0.29, 0.717) is 19.0 Å². The molecule has 0 bridgehead atoms. The van der Waals surface area contributed by atoms with Crippen LogP contribution in [0.2, 0.25) is 0 Å². The number of rotatable bonds is 15. The van der Waals surface area contributed by atoms with Gasteiger partial charge in [0.2, 0.25) is 0 Å². The zero-order valence-electron chi connectivity index (χ0n) is 18.1. The Kier molecular flexibility index (Phi) is 10.9. The van der Waals surface area contributed by atoms with Crippen molar-refractivity contribution >= 4 is 11.9 Å². The summed E-state index contributed by atoms with van der Waals surface area (Å²) in [6.07, 6.45) is 9.81. The fourth-order valence-electron chi connectivity index (χ4n) is 3.31. The Balaban J connectivity index is 1.66. The Morgan fingerprint density at radius 3 is 2.06 bits per heavy atom. The van der Waals surface area contributed by atoms with Crippen LogP contribution in [0.1, 0.15) is 61.7 Å². The van der Waals surface area contributed by atoms with E-state index < -0.39 is 5.97 Å². The fraction of sp³-hybridized carbons (Fsp3) is 0.385. The van der Waals surface area contributed by atoms with E-state index >= 15 is 0 Å². The van der Waals surface area contributed by atoms with Crippen LogP contribution in [-0.2, 0) is 9.53 Å². The van der Waals surface area contributed by atoms with Crippen molar-refractivity contribution in [3.63, 3.8) is 0 Å². The maximum atomic E-state index is 11.3. The van der Waals surface area contributed by atoms with E-state index in [9.17, 15) is 14.7 Å². The van der Waals surface area contributed by atoms with Crippen LogP contribution in [0.3, 0.4) is 0 Å². The molecular formula is C26H32O5. The highest BCUT2D eigenvalue weighted by Gasteiger charge is 2.11. The summed E-state index contributed by atoms with van der Waals surface area (Å²) in [5, 5.41) is 9.29. The van der Waals surface area contributed by atoms with Crippen LogP contribution in [-0.4, -0.2) is 30.3 Å². The minimum atomic E-state index is -0.955. The van der Waals surface area contributed by atoms with Gasteiger partial charge in [-0.2, -0.15) is 0 Å². The number of carboxylic acid groups (broad SMARTS) is 1. The van der Waals surface area contributed by atoms with E-state index in [-0.39, 0.29) is 11.5 Å². The molecule has 0 unspecified atom stereocenters. The number of esters is 1. The zero-order valence-corrected chi connectivity index (χ0v) is 18.1. The number of carboxylic acids is 1. The van der Waals surface area contributed by atoms with E-state index in [1.165, 1.54) is 18.9 Å². The van der Waals surface area contributed by atoms with Gasteiger partial charge in [0.25, 0.3) is 0 Å². The van der Waals surface area contributed by atoms with Gasteiger partial charge in [-0.15, -0.1) is 0 Å². The quantitative estimate of drug-likeness (QED) is 0.207. The molecule has 0 radical (unpaired) electrons. The maximum Gasteiger partial charge on any atom is 0.335 e. The average molecular weight is 425 g/mol. The van der Waals surface area contributed by atoms with Gasteiger partial charge in [0.05, 0.1) is 18.8 Å². The minimum absolute atomic E-state index is 0.230. The molecule has 0 amide bonds. The monoisotopic (exact) mass is 424 g/mol. The van der Waals surface area contributed by atoms with E-state index in [1.807, 2.05) is 36.4 Å². The van der Waals surface area contributed by atoms with Crippen LogP contribution < -0.4 is 4.74 Å². The standard InChI is InChI=1S/C26H32O5/c1-2-25(27)31-19-13-8-6-4-3-5-7-12-18-30-24-20-22(26(28)29)16-17-23(24)21-14-10-9-11-15-21/h2,9-11,14-17,20H,1,3-8,12-13,18-19H2,(H,28,29). The number of ether oxygens (including phenoxy) is 2. The molecule has 0 aliphatic heterocycles. The lowest BCUT2D eigenvalue weighted by atomic mass is 10.0. The maximum absolute atomic E-state index is 11.3. The smallest absolute Gasteiger partial charge is 0.335 e. The van der Waals surface area contributed by atoms with Crippen molar-refractivity contribution in [3.8, 4) is 16.9 Å². The number of benzene rings is 2. The average Bonchev–Trinajstić information content (AvgIpc) is 2.79. The molecule has 5 nitrogen and oxygen atoms in total. The van der Waals surface area contributed by atoms with Crippen LogP contribution in [0.15, 0.2) is 61.2 Å². The summed E-state index contributed by atoms with van der Waals surface area (Å²) < 4.78 is 10.9. The number of carbonyl (C=O) groups is 2. The first-order valence-electron chi connectivity index (χ1n) is 11.0. The molecule has 0 fully saturated rings. The summed E-state index contributed by atoms with van der Waals surface area (Å²) in [7, 11) is 0. The summed E-state index contributed by atoms with van der Waals surface area (Å²) >= 11 is 0. The van der Waals surface area contributed by atoms with E-state index in [0.717, 1.165) is 49.7 Å². The van der Waals surface area contributed by atoms with Gasteiger partial charge in [0.1, 0.15) is 5.75 Å². The second-order valence-electron chi connectivity index (χ2n) is 7.43. The van der Waals surface area contributed by atoms with Crippen LogP contribution in [0.25, 0.3) is 11.1 Å².